The topological polar surface area (TPSA) is 113 Å². The van der Waals surface area contributed by atoms with Crippen molar-refractivity contribution in [3.05, 3.63) is 32.5 Å². The number of hydrogen-bond donors (Lipinski definition) is 3. The van der Waals surface area contributed by atoms with Gasteiger partial charge in [0.25, 0.3) is 5.56 Å². The van der Waals surface area contributed by atoms with Gasteiger partial charge in [-0.15, -0.1) is 0 Å². The smallest absolute Gasteiger partial charge is 0.327 e. The van der Waals surface area contributed by atoms with E-state index in [1.807, 2.05) is 24.5 Å². The zero-order valence-corrected chi connectivity index (χ0v) is 13.4. The number of piperidine rings is 1. The summed E-state index contributed by atoms with van der Waals surface area (Å²) in [5.41, 5.74) is 6.94. The van der Waals surface area contributed by atoms with E-state index >= 15 is 0 Å². The van der Waals surface area contributed by atoms with Crippen molar-refractivity contribution in [3.8, 4) is 0 Å². The van der Waals surface area contributed by atoms with Crippen molar-refractivity contribution in [2.75, 3.05) is 18.0 Å². The van der Waals surface area contributed by atoms with Gasteiger partial charge in [-0.1, -0.05) is 11.6 Å². The van der Waals surface area contributed by atoms with Gasteiger partial charge < -0.3 is 15.2 Å². The second-order valence-corrected chi connectivity index (χ2v) is 6.26. The van der Waals surface area contributed by atoms with Gasteiger partial charge in [-0.25, -0.2) is 4.79 Å². The van der Waals surface area contributed by atoms with E-state index in [0.29, 0.717) is 30.2 Å². The van der Waals surface area contributed by atoms with Gasteiger partial charge in [0, 0.05) is 25.7 Å². The monoisotopic (exact) mass is 318 g/mol. The van der Waals surface area contributed by atoms with Crippen LogP contribution in [0.5, 0.6) is 0 Å². The van der Waals surface area contributed by atoms with E-state index in [1.165, 1.54) is 0 Å². The highest BCUT2D eigenvalue weighted by Gasteiger charge is 2.23. The van der Waals surface area contributed by atoms with E-state index in [4.69, 9.17) is 5.73 Å². The molecule has 0 radical (unpaired) electrons. The van der Waals surface area contributed by atoms with Crippen LogP contribution in [0.2, 0.25) is 0 Å². The summed E-state index contributed by atoms with van der Waals surface area (Å²) in [5, 5.41) is 0. The van der Waals surface area contributed by atoms with E-state index < -0.39 is 11.2 Å². The van der Waals surface area contributed by atoms with Gasteiger partial charge in [-0.2, -0.15) is 4.98 Å². The highest BCUT2D eigenvalue weighted by Crippen LogP contribution is 2.22. The molecule has 0 saturated carbocycles. The first-order valence-electron chi connectivity index (χ1n) is 7.82. The highest BCUT2D eigenvalue weighted by atomic mass is 16.2. The molecule has 0 bridgehead atoms. The molecule has 0 spiro atoms. The van der Waals surface area contributed by atoms with Crippen LogP contribution in [-0.2, 0) is 6.54 Å². The molecule has 0 aliphatic carbocycles. The Bertz CT molecular complexity index is 855. The number of anilines is 1. The fraction of sp³-hybridized carbons (Fsp3) is 0.533. The third kappa shape index (κ3) is 3.07. The molecule has 2 aromatic heterocycles. The molecule has 2 aromatic rings. The Balaban J connectivity index is 2.17. The van der Waals surface area contributed by atoms with Crippen LogP contribution in [0.3, 0.4) is 0 Å². The maximum Gasteiger partial charge on any atom is 0.327 e. The number of rotatable bonds is 3. The Morgan fingerprint density at radius 1 is 1.39 bits per heavy atom. The Labute approximate surface area is 133 Å². The van der Waals surface area contributed by atoms with Crippen LogP contribution in [0.25, 0.3) is 11.2 Å². The lowest BCUT2D eigenvalue weighted by atomic mass is 10.1. The minimum absolute atomic E-state index is 0.0952. The molecule has 4 N–H and O–H groups in total. The molecule has 8 heteroatoms. The van der Waals surface area contributed by atoms with Crippen LogP contribution in [0.1, 0.15) is 26.7 Å². The molecule has 0 aromatic carbocycles. The van der Waals surface area contributed by atoms with Crippen LogP contribution in [0, 0.1) is 0 Å². The van der Waals surface area contributed by atoms with Crippen LogP contribution in [-0.4, -0.2) is 38.7 Å². The number of nitrogens with two attached hydrogens (primary N) is 1. The van der Waals surface area contributed by atoms with E-state index in [1.54, 1.807) is 0 Å². The largest absolute Gasteiger partial charge is 0.341 e. The van der Waals surface area contributed by atoms with Crippen LogP contribution < -0.4 is 21.9 Å². The van der Waals surface area contributed by atoms with Crippen molar-refractivity contribution in [3.63, 3.8) is 0 Å². The summed E-state index contributed by atoms with van der Waals surface area (Å²) in [6, 6.07) is 0.0952. The van der Waals surface area contributed by atoms with Crippen LogP contribution in [0.4, 0.5) is 5.95 Å². The van der Waals surface area contributed by atoms with Gasteiger partial charge >= 0.3 is 5.69 Å². The second-order valence-electron chi connectivity index (χ2n) is 6.26. The molecule has 1 unspecified atom stereocenters. The van der Waals surface area contributed by atoms with E-state index in [9.17, 15) is 9.59 Å². The Kier molecular flexibility index (Phi) is 4.08. The summed E-state index contributed by atoms with van der Waals surface area (Å²) in [6.07, 6.45) is 4.00. The van der Waals surface area contributed by atoms with Gasteiger partial charge in [-0.05, 0) is 26.7 Å². The Morgan fingerprint density at radius 3 is 2.87 bits per heavy atom. The van der Waals surface area contributed by atoms with Crippen LogP contribution >= 0.6 is 0 Å². The molecule has 8 nitrogen and oxygen atoms in total. The van der Waals surface area contributed by atoms with Gasteiger partial charge in [0.2, 0.25) is 5.95 Å². The fourth-order valence-corrected chi connectivity index (χ4v) is 2.94. The van der Waals surface area contributed by atoms with E-state index in [2.05, 4.69) is 19.9 Å². The lowest BCUT2D eigenvalue weighted by Crippen LogP contribution is -2.44. The number of fused-ring (bicyclic) bond motifs is 1. The van der Waals surface area contributed by atoms with Gasteiger partial charge in [0.05, 0.1) is 0 Å². The number of H-pyrrole nitrogens is 2. The Morgan fingerprint density at radius 2 is 2.17 bits per heavy atom. The number of aromatic amines is 2. The first-order chi connectivity index (χ1) is 11.0. The number of hydrogen-bond acceptors (Lipinski definition) is 5. The fourth-order valence-electron chi connectivity index (χ4n) is 2.94. The number of imidazole rings is 1. The molecule has 1 saturated heterocycles. The summed E-state index contributed by atoms with van der Waals surface area (Å²) in [6.45, 7) is 6.06. The van der Waals surface area contributed by atoms with Crippen molar-refractivity contribution in [2.45, 2.75) is 39.3 Å². The van der Waals surface area contributed by atoms with E-state index in [-0.39, 0.29) is 6.04 Å². The summed E-state index contributed by atoms with van der Waals surface area (Å²) < 4.78 is 1.84. The molecular weight excluding hydrogens is 296 g/mol. The zero-order valence-electron chi connectivity index (χ0n) is 13.4. The van der Waals surface area contributed by atoms with Crippen molar-refractivity contribution >= 4 is 17.1 Å². The molecule has 124 valence electrons. The predicted molar refractivity (Wildman–Crippen MR) is 89.8 cm³/mol. The first-order valence-corrected chi connectivity index (χ1v) is 7.82. The first kappa shape index (κ1) is 15.5. The third-order valence-corrected chi connectivity index (χ3v) is 4.04. The van der Waals surface area contributed by atoms with Crippen LogP contribution in [0.15, 0.2) is 21.2 Å². The standard InChI is InChI=1S/C15H22N6O2/c1-9(2)5-7-21-11-12(17-14(23)19-13(11)22)18-15(21)20-6-3-4-10(16)8-20/h5,10H,3-4,6-8,16H2,1-2H3,(H2,17,19,22,23). The predicted octanol–water partition coefficient (Wildman–Crippen LogP) is 0.307. The van der Waals surface area contributed by atoms with Gasteiger partial charge in [-0.3, -0.25) is 14.8 Å². The number of aromatic nitrogens is 4. The molecule has 1 aliphatic rings. The zero-order chi connectivity index (χ0) is 16.6. The molecule has 0 amide bonds. The SMILES string of the molecule is CC(C)=CCn1c(N2CCCC(N)C2)nc2[nH]c(=O)[nH]c(=O)c21. The van der Waals surface area contributed by atoms with Gasteiger partial charge in [0.15, 0.2) is 11.2 Å². The maximum absolute atomic E-state index is 12.2. The minimum Gasteiger partial charge on any atom is -0.341 e. The van der Waals surface area contributed by atoms with Gasteiger partial charge in [0.1, 0.15) is 0 Å². The quantitative estimate of drug-likeness (QED) is 0.705. The van der Waals surface area contributed by atoms with Crippen molar-refractivity contribution < 1.29 is 0 Å². The number of nitrogens with zero attached hydrogens (tertiary/aromatic N) is 3. The number of allylic oxidation sites excluding steroid dienone is 2. The molecule has 3 heterocycles. The molecule has 1 aliphatic heterocycles. The molecule has 1 fully saturated rings. The lowest BCUT2D eigenvalue weighted by molar-refractivity contribution is 0.495. The molecule has 23 heavy (non-hydrogen) atoms. The summed E-state index contributed by atoms with van der Waals surface area (Å²) >= 11 is 0. The van der Waals surface area contributed by atoms with Crippen molar-refractivity contribution in [1.29, 1.82) is 0 Å². The number of nitrogens with one attached hydrogen (secondary N) is 2. The third-order valence-electron chi connectivity index (χ3n) is 4.04. The van der Waals surface area contributed by atoms with Crippen molar-refractivity contribution in [1.82, 2.24) is 19.5 Å². The summed E-state index contributed by atoms with van der Waals surface area (Å²) in [4.78, 5) is 35.2. The average Bonchev–Trinajstić information content (AvgIpc) is 2.83. The Hall–Kier alpha value is -2.35. The normalized spacial score (nSPS) is 18.4. The highest BCUT2D eigenvalue weighted by molar-refractivity contribution is 5.73. The summed E-state index contributed by atoms with van der Waals surface area (Å²) in [7, 11) is 0. The summed E-state index contributed by atoms with van der Waals surface area (Å²) in [5.74, 6) is 0.681. The lowest BCUT2D eigenvalue weighted by Gasteiger charge is -2.31. The minimum atomic E-state index is -0.545. The molecule has 3 rings (SSSR count). The maximum atomic E-state index is 12.2. The van der Waals surface area contributed by atoms with E-state index in [0.717, 1.165) is 25.0 Å². The second kappa shape index (κ2) is 6.04. The molecular formula is C15H22N6O2. The molecule has 1 atom stereocenters. The van der Waals surface area contributed by atoms with Crippen molar-refractivity contribution in [2.24, 2.45) is 5.73 Å². The average molecular weight is 318 g/mol.